The van der Waals surface area contributed by atoms with Gasteiger partial charge in [-0.2, -0.15) is 18.4 Å². The number of aryl methyl sites for hydroxylation is 2. The highest BCUT2D eigenvalue weighted by Crippen LogP contribution is 2.41. The van der Waals surface area contributed by atoms with E-state index in [-0.39, 0.29) is 17.6 Å². The van der Waals surface area contributed by atoms with Crippen molar-refractivity contribution in [2.75, 3.05) is 11.4 Å². The fraction of sp³-hybridized carbons (Fsp3) is 0.318. The first-order valence-electron chi connectivity index (χ1n) is 9.82. The predicted molar refractivity (Wildman–Crippen MR) is 110 cm³/mol. The highest BCUT2D eigenvalue weighted by Gasteiger charge is 2.41. The first-order valence-corrected chi connectivity index (χ1v) is 9.82. The standard InChI is InChI=1S/C22H21F3N6/c1-13-4-3-5-15(10-13)30-9-7-28-21(30)19-18(27)6-8-31(19)20-16(12-26)17(22(23,24)25)11-14(2)29-20/h3-5,7,9-11,18-19H,6,8,27H2,1-2H3/t18-,19+/m1/s1. The van der Waals surface area contributed by atoms with Crippen molar-refractivity contribution in [3.05, 3.63) is 70.9 Å². The van der Waals surface area contributed by atoms with Gasteiger partial charge in [-0.1, -0.05) is 12.1 Å². The lowest BCUT2D eigenvalue weighted by Gasteiger charge is -2.29. The molecule has 160 valence electrons. The second kappa shape index (κ2) is 7.71. The topological polar surface area (TPSA) is 83.8 Å². The summed E-state index contributed by atoms with van der Waals surface area (Å²) in [7, 11) is 0. The third-order valence-electron chi connectivity index (χ3n) is 5.48. The Morgan fingerprint density at radius 2 is 2.00 bits per heavy atom. The molecule has 2 N–H and O–H groups in total. The van der Waals surface area contributed by atoms with Gasteiger partial charge in [0.25, 0.3) is 0 Å². The van der Waals surface area contributed by atoms with Gasteiger partial charge in [0.2, 0.25) is 0 Å². The van der Waals surface area contributed by atoms with Gasteiger partial charge < -0.3 is 15.2 Å². The van der Waals surface area contributed by atoms with Crippen LogP contribution in [0, 0.1) is 25.2 Å². The van der Waals surface area contributed by atoms with Crippen LogP contribution >= 0.6 is 0 Å². The highest BCUT2D eigenvalue weighted by molar-refractivity contribution is 5.61. The Balaban J connectivity index is 1.86. The summed E-state index contributed by atoms with van der Waals surface area (Å²) in [6.07, 6.45) is -0.696. The number of hydrogen-bond acceptors (Lipinski definition) is 5. The second-order valence-corrected chi connectivity index (χ2v) is 7.70. The van der Waals surface area contributed by atoms with E-state index in [0.29, 0.717) is 18.8 Å². The molecular weight excluding hydrogens is 405 g/mol. The van der Waals surface area contributed by atoms with Crippen molar-refractivity contribution >= 4 is 5.82 Å². The Morgan fingerprint density at radius 3 is 2.68 bits per heavy atom. The largest absolute Gasteiger partial charge is 0.417 e. The lowest BCUT2D eigenvalue weighted by atomic mass is 10.1. The summed E-state index contributed by atoms with van der Waals surface area (Å²) in [4.78, 5) is 10.5. The van der Waals surface area contributed by atoms with Crippen LogP contribution in [0.5, 0.6) is 0 Å². The lowest BCUT2D eigenvalue weighted by molar-refractivity contribution is -0.137. The summed E-state index contributed by atoms with van der Waals surface area (Å²) in [5, 5.41) is 9.59. The monoisotopic (exact) mass is 426 g/mol. The van der Waals surface area contributed by atoms with Gasteiger partial charge in [-0.05, 0) is 44.0 Å². The maximum atomic E-state index is 13.6. The zero-order chi connectivity index (χ0) is 22.3. The van der Waals surface area contributed by atoms with Crippen LogP contribution in [0.4, 0.5) is 19.0 Å². The molecule has 0 unspecified atom stereocenters. The normalized spacial score (nSPS) is 18.9. The first kappa shape index (κ1) is 20.9. The number of nitrogens with zero attached hydrogens (tertiary/aromatic N) is 5. The van der Waals surface area contributed by atoms with Crippen LogP contribution in [0.3, 0.4) is 0 Å². The SMILES string of the molecule is Cc1cccc(-n2ccnc2[C@@H]2[C@H](N)CCN2c2nc(C)cc(C(F)(F)F)c2C#N)c1. The molecule has 0 radical (unpaired) electrons. The number of hydrogen-bond donors (Lipinski definition) is 1. The summed E-state index contributed by atoms with van der Waals surface area (Å²) < 4.78 is 42.7. The molecule has 1 aromatic carbocycles. The fourth-order valence-electron chi connectivity index (χ4n) is 4.11. The molecule has 6 nitrogen and oxygen atoms in total. The third kappa shape index (κ3) is 3.75. The zero-order valence-electron chi connectivity index (χ0n) is 17.1. The molecule has 0 saturated carbocycles. The molecule has 3 heterocycles. The van der Waals surface area contributed by atoms with Crippen LogP contribution in [-0.4, -0.2) is 27.1 Å². The van der Waals surface area contributed by atoms with Gasteiger partial charge in [-0.25, -0.2) is 9.97 Å². The van der Waals surface area contributed by atoms with Crippen LogP contribution in [0.15, 0.2) is 42.7 Å². The molecule has 2 aromatic heterocycles. The number of nitriles is 1. The number of rotatable bonds is 3. The smallest absolute Gasteiger partial charge is 0.344 e. The van der Waals surface area contributed by atoms with E-state index >= 15 is 0 Å². The maximum absolute atomic E-state index is 13.6. The number of halogens is 3. The molecule has 0 amide bonds. The molecule has 1 fully saturated rings. The van der Waals surface area contributed by atoms with Gasteiger partial charge >= 0.3 is 6.18 Å². The number of alkyl halides is 3. The van der Waals surface area contributed by atoms with Crippen LogP contribution in [0.1, 0.15) is 40.7 Å². The van der Waals surface area contributed by atoms with Crippen LogP contribution < -0.4 is 10.6 Å². The minimum Gasteiger partial charge on any atom is -0.344 e. The average molecular weight is 426 g/mol. The average Bonchev–Trinajstić information content (AvgIpc) is 3.32. The van der Waals surface area contributed by atoms with Crippen LogP contribution in [0.2, 0.25) is 0 Å². The Hall–Kier alpha value is -3.38. The van der Waals surface area contributed by atoms with Gasteiger partial charge in [-0.15, -0.1) is 0 Å². The van der Waals surface area contributed by atoms with E-state index in [1.54, 1.807) is 23.4 Å². The molecule has 0 spiro atoms. The van der Waals surface area contributed by atoms with Crippen LogP contribution in [0.25, 0.3) is 5.69 Å². The van der Waals surface area contributed by atoms with Crippen molar-refractivity contribution in [2.45, 2.75) is 38.5 Å². The van der Waals surface area contributed by atoms with E-state index in [0.717, 1.165) is 17.3 Å². The summed E-state index contributed by atoms with van der Waals surface area (Å²) in [6.45, 7) is 3.83. The van der Waals surface area contributed by atoms with Crippen molar-refractivity contribution < 1.29 is 13.2 Å². The van der Waals surface area contributed by atoms with Crippen molar-refractivity contribution in [3.8, 4) is 11.8 Å². The number of imidazole rings is 1. The van der Waals surface area contributed by atoms with Crippen molar-refractivity contribution in [1.82, 2.24) is 14.5 Å². The van der Waals surface area contributed by atoms with Gasteiger partial charge in [-0.3, -0.25) is 0 Å². The number of nitrogens with two attached hydrogens (primary N) is 1. The van der Waals surface area contributed by atoms with E-state index in [4.69, 9.17) is 5.73 Å². The summed E-state index contributed by atoms with van der Waals surface area (Å²) >= 11 is 0. The van der Waals surface area contributed by atoms with Gasteiger partial charge in [0.1, 0.15) is 29.3 Å². The molecule has 0 bridgehead atoms. The van der Waals surface area contributed by atoms with Crippen molar-refractivity contribution in [1.29, 1.82) is 5.26 Å². The van der Waals surface area contributed by atoms with E-state index in [1.165, 1.54) is 6.92 Å². The summed E-state index contributed by atoms with van der Waals surface area (Å²) in [6, 6.07) is 9.52. The summed E-state index contributed by atoms with van der Waals surface area (Å²) in [5.41, 5.74) is 7.04. The molecule has 31 heavy (non-hydrogen) atoms. The molecule has 3 aromatic rings. The fourth-order valence-corrected chi connectivity index (χ4v) is 4.11. The maximum Gasteiger partial charge on any atom is 0.417 e. The molecular formula is C22H21F3N6. The van der Waals surface area contributed by atoms with E-state index < -0.39 is 23.3 Å². The summed E-state index contributed by atoms with van der Waals surface area (Å²) in [5.74, 6) is 0.586. The van der Waals surface area contributed by atoms with Gasteiger partial charge in [0, 0.05) is 36.4 Å². The van der Waals surface area contributed by atoms with Gasteiger partial charge in [0.15, 0.2) is 0 Å². The quantitative estimate of drug-likeness (QED) is 0.683. The molecule has 2 atom stereocenters. The number of pyridine rings is 1. The zero-order valence-corrected chi connectivity index (χ0v) is 17.1. The molecule has 1 aliphatic rings. The molecule has 9 heteroatoms. The van der Waals surface area contributed by atoms with Crippen molar-refractivity contribution in [3.63, 3.8) is 0 Å². The Morgan fingerprint density at radius 1 is 1.23 bits per heavy atom. The molecule has 4 rings (SSSR count). The lowest BCUT2D eigenvalue weighted by Crippen LogP contribution is -2.35. The number of anilines is 1. The van der Waals surface area contributed by atoms with Crippen LogP contribution in [-0.2, 0) is 6.18 Å². The Labute approximate surface area is 177 Å². The van der Waals surface area contributed by atoms with E-state index in [9.17, 15) is 18.4 Å². The minimum absolute atomic E-state index is 0.00781. The number of benzene rings is 1. The Kier molecular flexibility index (Phi) is 5.19. The van der Waals surface area contributed by atoms with E-state index in [2.05, 4.69) is 9.97 Å². The predicted octanol–water partition coefficient (Wildman–Crippen LogP) is 4.05. The van der Waals surface area contributed by atoms with Crippen molar-refractivity contribution in [2.24, 2.45) is 5.73 Å². The minimum atomic E-state index is -4.66. The van der Waals surface area contributed by atoms with Gasteiger partial charge in [0.05, 0.1) is 5.56 Å². The molecule has 0 aliphatic carbocycles. The number of aromatic nitrogens is 3. The second-order valence-electron chi connectivity index (χ2n) is 7.70. The highest BCUT2D eigenvalue weighted by atomic mass is 19.4. The molecule has 1 aliphatic heterocycles. The molecule has 1 saturated heterocycles. The third-order valence-corrected chi connectivity index (χ3v) is 5.48. The van der Waals surface area contributed by atoms with E-state index in [1.807, 2.05) is 35.8 Å². The Bertz CT molecular complexity index is 1160. The first-order chi connectivity index (χ1) is 14.7.